The van der Waals surface area contributed by atoms with Crippen molar-refractivity contribution in [1.29, 1.82) is 0 Å². The van der Waals surface area contributed by atoms with Gasteiger partial charge in [0.25, 0.3) is 0 Å². The molecule has 0 saturated carbocycles. The molecule has 0 N–H and O–H groups in total. The Bertz CT molecular complexity index is 936. The Hall–Kier alpha value is -2.92. The van der Waals surface area contributed by atoms with Gasteiger partial charge in [-0.05, 0) is 86.1 Å². The fraction of sp³-hybridized carbons (Fsp3) is 0.385. The predicted octanol–water partition coefficient (Wildman–Crippen LogP) is 3.88. The SMILES string of the molecule is Cc1cc(OCC2CO2)cc(C)c1C#CC#Cc1c(C)cc(OCC2CO2)cc1C. The van der Waals surface area contributed by atoms with Crippen molar-refractivity contribution in [2.45, 2.75) is 39.9 Å². The first-order chi connectivity index (χ1) is 14.5. The second-order valence-electron chi connectivity index (χ2n) is 7.90. The van der Waals surface area contributed by atoms with Crippen LogP contribution in [0, 0.1) is 51.4 Å². The van der Waals surface area contributed by atoms with E-state index in [0.29, 0.717) is 13.2 Å². The van der Waals surface area contributed by atoms with Gasteiger partial charge in [-0.15, -0.1) is 0 Å². The second-order valence-corrected chi connectivity index (χ2v) is 7.90. The molecule has 2 fully saturated rings. The Balaban J connectivity index is 1.45. The van der Waals surface area contributed by atoms with Gasteiger partial charge in [-0.2, -0.15) is 0 Å². The molecule has 4 nitrogen and oxygen atoms in total. The van der Waals surface area contributed by atoms with Gasteiger partial charge in [0, 0.05) is 11.1 Å². The molecule has 2 saturated heterocycles. The van der Waals surface area contributed by atoms with Crippen LogP contribution in [0.25, 0.3) is 0 Å². The second kappa shape index (κ2) is 8.84. The summed E-state index contributed by atoms with van der Waals surface area (Å²) in [5.41, 5.74) is 6.35. The average molecular weight is 402 g/mol. The van der Waals surface area contributed by atoms with Crippen LogP contribution in [0.2, 0.25) is 0 Å². The van der Waals surface area contributed by atoms with Gasteiger partial charge in [0.1, 0.15) is 36.9 Å². The van der Waals surface area contributed by atoms with E-state index in [9.17, 15) is 0 Å². The monoisotopic (exact) mass is 402 g/mol. The summed E-state index contributed by atoms with van der Waals surface area (Å²) in [5, 5.41) is 0. The van der Waals surface area contributed by atoms with Crippen LogP contribution in [0.5, 0.6) is 11.5 Å². The van der Waals surface area contributed by atoms with Crippen molar-refractivity contribution in [3.8, 4) is 35.2 Å². The Morgan fingerprint density at radius 1 is 0.700 bits per heavy atom. The van der Waals surface area contributed by atoms with Crippen molar-refractivity contribution in [3.05, 3.63) is 57.6 Å². The zero-order valence-corrected chi connectivity index (χ0v) is 17.9. The number of hydrogen-bond donors (Lipinski definition) is 0. The molecule has 2 aliphatic heterocycles. The highest BCUT2D eigenvalue weighted by molar-refractivity contribution is 5.55. The normalized spacial score (nSPS) is 18.5. The van der Waals surface area contributed by atoms with Gasteiger partial charge >= 0.3 is 0 Å². The number of epoxide rings is 2. The Morgan fingerprint density at radius 3 is 1.33 bits per heavy atom. The molecule has 0 bridgehead atoms. The molecule has 30 heavy (non-hydrogen) atoms. The lowest BCUT2D eigenvalue weighted by molar-refractivity contribution is 0.263. The quantitative estimate of drug-likeness (QED) is 0.543. The maximum absolute atomic E-state index is 5.78. The molecule has 0 radical (unpaired) electrons. The summed E-state index contributed by atoms with van der Waals surface area (Å²) < 4.78 is 21.9. The topological polar surface area (TPSA) is 43.5 Å². The fourth-order valence-corrected chi connectivity index (χ4v) is 3.30. The summed E-state index contributed by atoms with van der Waals surface area (Å²) >= 11 is 0. The molecular formula is C26H26O4. The van der Waals surface area contributed by atoms with E-state index in [1.165, 1.54) is 0 Å². The van der Waals surface area contributed by atoms with E-state index in [1.54, 1.807) is 0 Å². The molecule has 154 valence electrons. The minimum absolute atomic E-state index is 0.250. The van der Waals surface area contributed by atoms with E-state index in [-0.39, 0.29) is 12.2 Å². The van der Waals surface area contributed by atoms with E-state index in [4.69, 9.17) is 18.9 Å². The van der Waals surface area contributed by atoms with Crippen LogP contribution in [-0.2, 0) is 9.47 Å². The lowest BCUT2D eigenvalue weighted by Crippen LogP contribution is -2.04. The van der Waals surface area contributed by atoms with Crippen LogP contribution >= 0.6 is 0 Å². The molecule has 2 aromatic rings. The highest BCUT2D eigenvalue weighted by atomic mass is 16.6. The van der Waals surface area contributed by atoms with Crippen molar-refractivity contribution >= 4 is 0 Å². The lowest BCUT2D eigenvalue weighted by atomic mass is 10.0. The van der Waals surface area contributed by atoms with E-state index in [0.717, 1.165) is 58.1 Å². The van der Waals surface area contributed by atoms with Crippen LogP contribution in [0.15, 0.2) is 24.3 Å². The van der Waals surface area contributed by atoms with E-state index in [1.807, 2.05) is 52.0 Å². The van der Waals surface area contributed by atoms with E-state index < -0.39 is 0 Å². The molecule has 2 atom stereocenters. The molecule has 2 heterocycles. The Labute approximate surface area is 178 Å². The van der Waals surface area contributed by atoms with Gasteiger partial charge < -0.3 is 18.9 Å². The Morgan fingerprint density at radius 2 is 1.03 bits per heavy atom. The van der Waals surface area contributed by atoms with Gasteiger partial charge in [-0.3, -0.25) is 0 Å². The molecule has 0 aliphatic carbocycles. The minimum atomic E-state index is 0.250. The lowest BCUT2D eigenvalue weighted by Gasteiger charge is -2.09. The summed E-state index contributed by atoms with van der Waals surface area (Å²) in [5.74, 6) is 14.1. The van der Waals surface area contributed by atoms with Crippen molar-refractivity contribution in [2.75, 3.05) is 26.4 Å². The molecule has 2 unspecified atom stereocenters. The van der Waals surface area contributed by atoms with Gasteiger partial charge in [0.15, 0.2) is 0 Å². The number of benzene rings is 2. The molecule has 0 aromatic heterocycles. The molecule has 0 spiro atoms. The summed E-state index contributed by atoms with van der Waals surface area (Å²) in [7, 11) is 0. The molecule has 4 rings (SSSR count). The number of ether oxygens (including phenoxy) is 4. The average Bonchev–Trinajstić information content (AvgIpc) is 3.60. The van der Waals surface area contributed by atoms with Crippen molar-refractivity contribution in [3.63, 3.8) is 0 Å². The first-order valence-corrected chi connectivity index (χ1v) is 10.2. The van der Waals surface area contributed by atoms with Crippen LogP contribution in [0.4, 0.5) is 0 Å². The zero-order chi connectivity index (χ0) is 21.1. The summed E-state index contributed by atoms with van der Waals surface area (Å²) in [6.07, 6.45) is 0.500. The van der Waals surface area contributed by atoms with Crippen LogP contribution in [0.3, 0.4) is 0 Å². The van der Waals surface area contributed by atoms with Crippen LogP contribution < -0.4 is 9.47 Å². The third-order valence-corrected chi connectivity index (χ3v) is 5.13. The number of hydrogen-bond acceptors (Lipinski definition) is 4. The number of aryl methyl sites for hydroxylation is 4. The van der Waals surface area contributed by atoms with Crippen molar-refractivity contribution in [2.24, 2.45) is 0 Å². The highest BCUT2D eigenvalue weighted by Gasteiger charge is 2.23. The van der Waals surface area contributed by atoms with Gasteiger partial charge in [0.05, 0.1) is 13.2 Å². The summed E-state index contributed by atoms with van der Waals surface area (Å²) in [6.45, 7) is 11.0. The Kier molecular flexibility index (Phi) is 6.00. The zero-order valence-electron chi connectivity index (χ0n) is 17.9. The smallest absolute Gasteiger partial charge is 0.120 e. The first kappa shape index (κ1) is 20.4. The molecule has 2 aromatic carbocycles. The van der Waals surface area contributed by atoms with E-state index >= 15 is 0 Å². The number of rotatable bonds is 6. The first-order valence-electron chi connectivity index (χ1n) is 10.2. The molecule has 2 aliphatic rings. The van der Waals surface area contributed by atoms with Crippen molar-refractivity contribution < 1.29 is 18.9 Å². The van der Waals surface area contributed by atoms with Gasteiger partial charge in [-0.1, -0.05) is 11.8 Å². The van der Waals surface area contributed by atoms with E-state index in [2.05, 4.69) is 23.7 Å². The van der Waals surface area contributed by atoms with Crippen LogP contribution in [0.1, 0.15) is 33.4 Å². The minimum Gasteiger partial charge on any atom is -0.491 e. The van der Waals surface area contributed by atoms with Gasteiger partial charge in [0.2, 0.25) is 0 Å². The maximum Gasteiger partial charge on any atom is 0.120 e. The third kappa shape index (κ3) is 5.36. The fourth-order valence-electron chi connectivity index (χ4n) is 3.30. The maximum atomic E-state index is 5.78. The largest absolute Gasteiger partial charge is 0.491 e. The van der Waals surface area contributed by atoms with Crippen molar-refractivity contribution in [1.82, 2.24) is 0 Å². The molecular weight excluding hydrogens is 376 g/mol. The van der Waals surface area contributed by atoms with Crippen LogP contribution in [-0.4, -0.2) is 38.6 Å². The summed E-state index contributed by atoms with van der Waals surface area (Å²) in [6, 6.07) is 8.08. The van der Waals surface area contributed by atoms with Gasteiger partial charge in [-0.25, -0.2) is 0 Å². The molecule has 4 heteroatoms. The standard InChI is InChI=1S/C26H26O4/c1-17-9-21(27-13-23-15-29-23)10-18(2)25(17)7-5-6-8-26-19(3)11-22(12-20(26)4)28-14-24-16-30-24/h9-12,23-24H,13-16H2,1-4H3. The third-order valence-electron chi connectivity index (χ3n) is 5.13. The summed E-state index contributed by atoms with van der Waals surface area (Å²) in [4.78, 5) is 0. The molecule has 0 amide bonds. The predicted molar refractivity (Wildman–Crippen MR) is 116 cm³/mol. The highest BCUT2D eigenvalue weighted by Crippen LogP contribution is 2.24.